The molecule has 4 rings (SSSR count). The second kappa shape index (κ2) is 9.61. The number of benzene rings is 1. The maximum absolute atomic E-state index is 13.1. The highest BCUT2D eigenvalue weighted by Gasteiger charge is 2.22. The van der Waals surface area contributed by atoms with E-state index in [2.05, 4.69) is 30.5 Å². The van der Waals surface area contributed by atoms with Crippen LogP contribution in [0.2, 0.25) is 0 Å². The lowest BCUT2D eigenvalue weighted by Crippen LogP contribution is -2.43. The summed E-state index contributed by atoms with van der Waals surface area (Å²) in [7, 11) is 1.56. The number of nitrogens with zero attached hydrogens (tertiary/aromatic N) is 4. The first-order valence-electron chi connectivity index (χ1n) is 10.7. The van der Waals surface area contributed by atoms with Gasteiger partial charge in [-0.25, -0.2) is 9.97 Å². The zero-order valence-corrected chi connectivity index (χ0v) is 18.3. The van der Waals surface area contributed by atoms with E-state index in [4.69, 9.17) is 11.5 Å². The SMILES string of the molecule is CNC(=O)c1cccc(-c2cnc(N)c(C(=O)Nc3cnccc3N3CCCC(N)C3)n2)c1. The number of nitrogen functional groups attached to an aromatic ring is 1. The lowest BCUT2D eigenvalue weighted by molar-refractivity contribution is 0.0962. The van der Waals surface area contributed by atoms with Crippen LogP contribution in [0.1, 0.15) is 33.7 Å². The fourth-order valence-corrected chi connectivity index (χ4v) is 3.84. The van der Waals surface area contributed by atoms with Crippen LogP contribution < -0.4 is 27.0 Å². The van der Waals surface area contributed by atoms with Gasteiger partial charge in [0, 0.05) is 43.5 Å². The number of piperidine rings is 1. The maximum Gasteiger partial charge on any atom is 0.278 e. The van der Waals surface area contributed by atoms with Crippen molar-refractivity contribution in [2.24, 2.45) is 5.73 Å². The van der Waals surface area contributed by atoms with Gasteiger partial charge in [-0.1, -0.05) is 12.1 Å². The van der Waals surface area contributed by atoms with Gasteiger partial charge in [-0.15, -0.1) is 0 Å². The summed E-state index contributed by atoms with van der Waals surface area (Å²) in [5, 5.41) is 5.45. The van der Waals surface area contributed by atoms with Crippen molar-refractivity contribution in [1.29, 1.82) is 0 Å². The molecule has 3 heterocycles. The van der Waals surface area contributed by atoms with Crippen LogP contribution >= 0.6 is 0 Å². The number of aromatic nitrogens is 3. The van der Waals surface area contributed by atoms with Gasteiger partial charge in [-0.05, 0) is 31.0 Å². The van der Waals surface area contributed by atoms with Crippen molar-refractivity contribution in [2.45, 2.75) is 18.9 Å². The molecule has 1 saturated heterocycles. The summed E-state index contributed by atoms with van der Waals surface area (Å²) < 4.78 is 0. The first-order chi connectivity index (χ1) is 16.0. The van der Waals surface area contributed by atoms with E-state index in [0.29, 0.717) is 29.1 Å². The Morgan fingerprint density at radius 3 is 2.82 bits per heavy atom. The lowest BCUT2D eigenvalue weighted by Gasteiger charge is -2.33. The van der Waals surface area contributed by atoms with E-state index < -0.39 is 5.91 Å². The number of hydrogen-bond donors (Lipinski definition) is 4. The number of nitrogens with one attached hydrogen (secondary N) is 2. The summed E-state index contributed by atoms with van der Waals surface area (Å²) in [4.78, 5) is 39.9. The number of amides is 2. The van der Waals surface area contributed by atoms with Crippen molar-refractivity contribution in [3.05, 3.63) is 60.2 Å². The molecule has 0 aliphatic carbocycles. The quantitative estimate of drug-likeness (QED) is 0.462. The molecule has 6 N–H and O–H groups in total. The predicted molar refractivity (Wildman–Crippen MR) is 127 cm³/mol. The van der Waals surface area contributed by atoms with Crippen LogP contribution in [0.4, 0.5) is 17.2 Å². The van der Waals surface area contributed by atoms with E-state index in [1.165, 1.54) is 6.20 Å². The second-order valence-corrected chi connectivity index (χ2v) is 7.84. The Kier molecular flexibility index (Phi) is 6.45. The summed E-state index contributed by atoms with van der Waals surface area (Å²) >= 11 is 0. The molecule has 0 spiro atoms. The molecule has 1 unspecified atom stereocenters. The molecule has 0 radical (unpaired) electrons. The van der Waals surface area contributed by atoms with Crippen LogP contribution in [-0.2, 0) is 0 Å². The molecule has 170 valence electrons. The molecular weight excluding hydrogens is 420 g/mol. The van der Waals surface area contributed by atoms with Crippen LogP contribution in [0.15, 0.2) is 48.9 Å². The summed E-state index contributed by atoms with van der Waals surface area (Å²) in [5.41, 5.74) is 15.0. The second-order valence-electron chi connectivity index (χ2n) is 7.84. The fourth-order valence-electron chi connectivity index (χ4n) is 3.84. The molecule has 0 saturated carbocycles. The molecule has 3 aromatic rings. The van der Waals surface area contributed by atoms with Gasteiger partial charge in [-0.2, -0.15) is 0 Å². The van der Waals surface area contributed by atoms with Gasteiger partial charge in [0.05, 0.1) is 29.5 Å². The van der Waals surface area contributed by atoms with Gasteiger partial charge in [0.1, 0.15) is 0 Å². The van der Waals surface area contributed by atoms with Crippen LogP contribution in [0.3, 0.4) is 0 Å². The Hall–Kier alpha value is -4.05. The smallest absolute Gasteiger partial charge is 0.278 e. The Morgan fingerprint density at radius 1 is 1.18 bits per heavy atom. The summed E-state index contributed by atoms with van der Waals surface area (Å²) in [6.07, 6.45) is 6.70. The van der Waals surface area contributed by atoms with Gasteiger partial charge >= 0.3 is 0 Å². The highest BCUT2D eigenvalue weighted by atomic mass is 16.2. The molecule has 1 aliphatic heterocycles. The molecule has 1 aliphatic rings. The summed E-state index contributed by atoms with van der Waals surface area (Å²) in [6, 6.07) is 8.83. The number of carbonyl (C=O) groups is 2. The minimum Gasteiger partial charge on any atom is -0.382 e. The molecule has 1 fully saturated rings. The molecule has 1 aromatic carbocycles. The maximum atomic E-state index is 13.1. The lowest BCUT2D eigenvalue weighted by atomic mass is 10.1. The van der Waals surface area contributed by atoms with Crippen LogP contribution in [0.5, 0.6) is 0 Å². The third-order valence-corrected chi connectivity index (χ3v) is 5.51. The van der Waals surface area contributed by atoms with E-state index in [-0.39, 0.29) is 23.5 Å². The van der Waals surface area contributed by atoms with E-state index in [9.17, 15) is 9.59 Å². The molecule has 33 heavy (non-hydrogen) atoms. The average Bonchev–Trinajstić information content (AvgIpc) is 2.84. The minimum atomic E-state index is -0.500. The zero-order chi connectivity index (χ0) is 23.4. The van der Waals surface area contributed by atoms with Gasteiger partial charge < -0.3 is 27.0 Å². The van der Waals surface area contributed by atoms with Gasteiger partial charge in [0.15, 0.2) is 11.5 Å². The van der Waals surface area contributed by atoms with E-state index in [1.54, 1.807) is 43.7 Å². The number of hydrogen-bond acceptors (Lipinski definition) is 8. The number of anilines is 3. The largest absolute Gasteiger partial charge is 0.382 e. The molecule has 10 heteroatoms. The van der Waals surface area contributed by atoms with Crippen molar-refractivity contribution in [3.8, 4) is 11.3 Å². The predicted octanol–water partition coefficient (Wildman–Crippen LogP) is 1.66. The van der Waals surface area contributed by atoms with Crippen molar-refractivity contribution in [3.63, 3.8) is 0 Å². The van der Waals surface area contributed by atoms with Crippen molar-refractivity contribution < 1.29 is 9.59 Å². The van der Waals surface area contributed by atoms with Gasteiger partial charge in [0.2, 0.25) is 0 Å². The highest BCUT2D eigenvalue weighted by molar-refractivity contribution is 6.07. The van der Waals surface area contributed by atoms with Crippen LogP contribution in [-0.4, -0.2) is 52.9 Å². The molecule has 1 atom stereocenters. The Labute approximate surface area is 191 Å². The topological polar surface area (TPSA) is 152 Å². The Bertz CT molecular complexity index is 1180. The first-order valence-corrected chi connectivity index (χ1v) is 10.7. The highest BCUT2D eigenvalue weighted by Crippen LogP contribution is 2.28. The molecule has 0 bridgehead atoms. The fraction of sp³-hybridized carbons (Fsp3) is 0.261. The van der Waals surface area contributed by atoms with E-state index >= 15 is 0 Å². The third kappa shape index (κ3) is 4.90. The standard InChI is InChI=1S/C23H26N8O2/c1-26-22(32)15-5-2-4-14(10-15)17-12-28-21(25)20(29-17)23(33)30-18-11-27-8-7-19(18)31-9-3-6-16(24)13-31/h2,4-5,7-8,10-12,16H,3,6,9,13,24H2,1H3,(H2,25,28)(H,26,32)(H,30,33). The monoisotopic (exact) mass is 446 g/mol. The van der Waals surface area contributed by atoms with Crippen molar-refractivity contribution in [2.75, 3.05) is 36.1 Å². The molecule has 2 aromatic heterocycles. The van der Waals surface area contributed by atoms with Crippen molar-refractivity contribution >= 4 is 29.0 Å². The molecule has 2 amide bonds. The van der Waals surface area contributed by atoms with E-state index in [0.717, 1.165) is 25.1 Å². The summed E-state index contributed by atoms with van der Waals surface area (Å²) in [5.74, 6) is -0.719. The van der Waals surface area contributed by atoms with Crippen LogP contribution in [0, 0.1) is 0 Å². The first kappa shape index (κ1) is 22.2. The number of pyridine rings is 1. The minimum absolute atomic E-state index is 0.00383. The zero-order valence-electron chi connectivity index (χ0n) is 18.3. The summed E-state index contributed by atoms with van der Waals surface area (Å²) in [6.45, 7) is 1.55. The number of rotatable bonds is 5. The Morgan fingerprint density at radius 2 is 2.03 bits per heavy atom. The molecular formula is C23H26N8O2. The number of nitrogens with two attached hydrogens (primary N) is 2. The van der Waals surface area contributed by atoms with E-state index in [1.807, 2.05) is 6.07 Å². The Balaban J connectivity index is 1.61. The average molecular weight is 447 g/mol. The number of carbonyl (C=O) groups excluding carboxylic acids is 2. The normalized spacial score (nSPS) is 15.7. The van der Waals surface area contributed by atoms with Gasteiger partial charge in [0.25, 0.3) is 11.8 Å². The van der Waals surface area contributed by atoms with Crippen molar-refractivity contribution in [1.82, 2.24) is 20.3 Å². The van der Waals surface area contributed by atoms with Crippen LogP contribution in [0.25, 0.3) is 11.3 Å². The molecule has 10 nitrogen and oxygen atoms in total. The van der Waals surface area contributed by atoms with Gasteiger partial charge in [-0.3, -0.25) is 14.6 Å². The third-order valence-electron chi connectivity index (χ3n) is 5.51.